The lowest BCUT2D eigenvalue weighted by Gasteiger charge is -2.49. The third-order valence-electron chi connectivity index (χ3n) is 12.6. The first-order chi connectivity index (χ1) is 34.3. The van der Waals surface area contributed by atoms with Crippen LogP contribution < -0.4 is 10.6 Å². The quantitative estimate of drug-likeness (QED) is 0.0456. The Morgan fingerprint density at radius 2 is 1.07 bits per heavy atom. The maximum absolute atomic E-state index is 13.0. The molecule has 2 fully saturated rings. The van der Waals surface area contributed by atoms with Crippen molar-refractivity contribution in [1.82, 2.24) is 10.6 Å². The zero-order valence-corrected chi connectivity index (χ0v) is 40.4. The number of hydrogen-bond donors (Lipinski definition) is 3. The van der Waals surface area contributed by atoms with Gasteiger partial charge >= 0.3 is 6.09 Å². The van der Waals surface area contributed by atoms with Crippen molar-refractivity contribution in [2.75, 3.05) is 19.8 Å². The van der Waals surface area contributed by atoms with E-state index < -0.39 is 55.0 Å². The molecule has 0 spiro atoms. The second kappa shape index (κ2) is 28.4. The van der Waals surface area contributed by atoms with E-state index >= 15 is 0 Å². The van der Waals surface area contributed by atoms with Crippen molar-refractivity contribution < 1.29 is 52.6 Å². The van der Waals surface area contributed by atoms with Crippen LogP contribution in [0.25, 0.3) is 0 Å². The maximum Gasteiger partial charge on any atom is 0.407 e. The van der Waals surface area contributed by atoms with Gasteiger partial charge in [-0.2, -0.15) is 0 Å². The third-order valence-corrected chi connectivity index (χ3v) is 12.6. The Labute approximate surface area is 413 Å². The van der Waals surface area contributed by atoms with Gasteiger partial charge in [-0.15, -0.1) is 0 Å². The van der Waals surface area contributed by atoms with Crippen LogP contribution in [0.1, 0.15) is 73.8 Å². The zero-order valence-electron chi connectivity index (χ0n) is 40.4. The highest BCUT2D eigenvalue weighted by Gasteiger charge is 2.52. The van der Waals surface area contributed by atoms with E-state index in [1.54, 1.807) is 0 Å². The van der Waals surface area contributed by atoms with Crippen molar-refractivity contribution in [3.63, 3.8) is 0 Å². The number of carbonyl (C=O) groups excluding carboxylic acids is 2. The van der Waals surface area contributed by atoms with E-state index in [9.17, 15) is 14.7 Å². The Hall–Kier alpha value is -5.48. The van der Waals surface area contributed by atoms with Gasteiger partial charge in [-0.1, -0.05) is 171 Å². The molecule has 5 aromatic rings. The molecule has 70 heavy (non-hydrogen) atoms. The van der Waals surface area contributed by atoms with Gasteiger partial charge in [0.1, 0.15) is 43.2 Å². The number of unbranched alkanes of at least 4 members (excludes halogenated alkanes) is 3. The molecule has 13 heteroatoms. The molecule has 0 aromatic heterocycles. The number of ether oxygens (including phenoxy) is 8. The first-order valence-corrected chi connectivity index (χ1v) is 24.7. The number of hydrogen-bond acceptors (Lipinski definition) is 11. The molecule has 3 N–H and O–H groups in total. The highest BCUT2D eigenvalue weighted by Crippen LogP contribution is 2.38. The van der Waals surface area contributed by atoms with Gasteiger partial charge in [-0.3, -0.25) is 4.79 Å². The number of aliphatic hydroxyl groups is 1. The summed E-state index contributed by atoms with van der Waals surface area (Å²) in [6.45, 7) is 5.88. The maximum atomic E-state index is 13.0. The van der Waals surface area contributed by atoms with Gasteiger partial charge in [-0.25, -0.2) is 4.79 Å². The second-order valence-corrected chi connectivity index (χ2v) is 18.2. The molecule has 0 radical (unpaired) electrons. The lowest BCUT2D eigenvalue weighted by molar-refractivity contribution is -0.300. The summed E-state index contributed by atoms with van der Waals surface area (Å²) >= 11 is 0. The molecule has 1 saturated carbocycles. The minimum Gasteiger partial charge on any atom is -0.445 e. The molecule has 2 aliphatic rings. The van der Waals surface area contributed by atoms with E-state index in [2.05, 4.69) is 17.6 Å². The number of alkyl carbamates (subject to hydrolysis) is 1. The van der Waals surface area contributed by atoms with Crippen molar-refractivity contribution in [1.29, 1.82) is 0 Å². The molecule has 1 saturated heterocycles. The van der Waals surface area contributed by atoms with Crippen LogP contribution in [-0.4, -0.2) is 91.9 Å². The fraction of sp³-hybridized carbons (Fsp3) is 0.439. The minimum atomic E-state index is -1.24. The van der Waals surface area contributed by atoms with Crippen LogP contribution in [0.3, 0.4) is 0 Å². The molecule has 2 amide bonds. The number of rotatable bonds is 26. The average Bonchev–Trinajstić information content (AvgIpc) is 3.38. The second-order valence-electron chi connectivity index (χ2n) is 18.2. The standard InChI is InChI=1S/C57H70N2O11/c1-41-34-48(53(66-37-45-26-14-7-15-27-45)55(67-38-46-28-16-8-17-29-46)52(41)65-36-44-24-12-6-13-25-44)69-54-50(59-42(2)60)56(70-49(51(54)61)40-63-35-43-22-10-5-11-23-43)64-33-21-4-3-20-32-58-57(62)68-39-47-30-18-9-19-31-47/h5-19,22-31,41,48-56,61H,3-4,20-21,32-40H2,1-2H3,(H,58,62)(H,59,60)/t41-,48-,49-,50-,51-,52+,53-,54-,55-,56-/m1/s1. The predicted molar refractivity (Wildman–Crippen MR) is 265 cm³/mol. The summed E-state index contributed by atoms with van der Waals surface area (Å²) in [6, 6.07) is 48.5. The summed E-state index contributed by atoms with van der Waals surface area (Å²) in [5.41, 5.74) is 4.92. The van der Waals surface area contributed by atoms with Gasteiger partial charge in [-0.05, 0) is 53.0 Å². The van der Waals surface area contributed by atoms with E-state index in [0.717, 1.165) is 47.1 Å². The summed E-state index contributed by atoms with van der Waals surface area (Å²) in [4.78, 5) is 25.3. The highest BCUT2D eigenvalue weighted by molar-refractivity contribution is 5.73. The number of benzene rings is 5. The molecule has 1 aliphatic heterocycles. The molecule has 374 valence electrons. The van der Waals surface area contributed by atoms with E-state index in [-0.39, 0.29) is 37.7 Å². The number of amides is 2. The molecule has 10 atom stereocenters. The van der Waals surface area contributed by atoms with E-state index in [1.165, 1.54) is 6.92 Å². The lowest BCUT2D eigenvalue weighted by atomic mass is 9.80. The summed E-state index contributed by atoms with van der Waals surface area (Å²) in [5.74, 6) is -0.404. The van der Waals surface area contributed by atoms with Crippen LogP contribution in [0.5, 0.6) is 0 Å². The van der Waals surface area contributed by atoms with Gasteiger partial charge in [0.15, 0.2) is 6.29 Å². The van der Waals surface area contributed by atoms with Crippen LogP contribution in [-0.2, 0) is 75.7 Å². The van der Waals surface area contributed by atoms with E-state index in [1.807, 2.05) is 152 Å². The summed E-state index contributed by atoms with van der Waals surface area (Å²) in [7, 11) is 0. The lowest BCUT2D eigenvalue weighted by Crippen LogP contribution is -2.67. The molecule has 5 aromatic carbocycles. The van der Waals surface area contributed by atoms with Crippen molar-refractivity contribution in [3.05, 3.63) is 179 Å². The molecular weight excluding hydrogens is 889 g/mol. The van der Waals surface area contributed by atoms with Crippen molar-refractivity contribution >= 4 is 12.0 Å². The Balaban J connectivity index is 1.07. The molecule has 1 aliphatic carbocycles. The summed E-state index contributed by atoms with van der Waals surface area (Å²) < 4.78 is 52.3. The minimum absolute atomic E-state index is 0.0383. The smallest absolute Gasteiger partial charge is 0.407 e. The fourth-order valence-corrected chi connectivity index (χ4v) is 9.00. The van der Waals surface area contributed by atoms with Crippen molar-refractivity contribution in [2.45, 2.75) is 134 Å². The van der Waals surface area contributed by atoms with Crippen LogP contribution in [0, 0.1) is 5.92 Å². The highest BCUT2D eigenvalue weighted by atomic mass is 16.7. The van der Waals surface area contributed by atoms with E-state index in [0.29, 0.717) is 45.8 Å². The van der Waals surface area contributed by atoms with Crippen LogP contribution in [0.4, 0.5) is 4.79 Å². The number of nitrogens with one attached hydrogen (secondary N) is 2. The van der Waals surface area contributed by atoms with E-state index in [4.69, 9.17) is 37.9 Å². The Bertz CT molecular complexity index is 2230. The molecule has 13 nitrogen and oxygen atoms in total. The molecule has 0 bridgehead atoms. The zero-order chi connectivity index (χ0) is 48.8. The van der Waals surface area contributed by atoms with Gasteiger partial charge in [0, 0.05) is 20.1 Å². The van der Waals surface area contributed by atoms with Crippen LogP contribution in [0.15, 0.2) is 152 Å². The largest absolute Gasteiger partial charge is 0.445 e. The van der Waals surface area contributed by atoms with Crippen molar-refractivity contribution in [2.24, 2.45) is 5.92 Å². The van der Waals surface area contributed by atoms with Gasteiger partial charge in [0.05, 0.1) is 45.2 Å². The van der Waals surface area contributed by atoms with Crippen LogP contribution in [0.2, 0.25) is 0 Å². The topological polar surface area (TPSA) is 152 Å². The summed E-state index contributed by atoms with van der Waals surface area (Å²) in [6.07, 6.45) is -3.18. The Morgan fingerprint density at radius 1 is 0.586 bits per heavy atom. The summed E-state index contributed by atoms with van der Waals surface area (Å²) in [5, 5.41) is 18.2. The van der Waals surface area contributed by atoms with Gasteiger partial charge in [0.25, 0.3) is 0 Å². The van der Waals surface area contributed by atoms with Crippen LogP contribution >= 0.6 is 0 Å². The Kier molecular flexibility index (Phi) is 21.2. The number of carbonyl (C=O) groups is 2. The first kappa shape index (κ1) is 52.3. The predicted octanol–water partition coefficient (Wildman–Crippen LogP) is 8.85. The number of aliphatic hydroxyl groups excluding tert-OH is 1. The van der Waals surface area contributed by atoms with Crippen molar-refractivity contribution in [3.8, 4) is 0 Å². The monoisotopic (exact) mass is 958 g/mol. The molecule has 1 heterocycles. The first-order valence-electron chi connectivity index (χ1n) is 24.7. The Morgan fingerprint density at radius 3 is 1.61 bits per heavy atom. The average molecular weight is 959 g/mol. The van der Waals surface area contributed by atoms with Gasteiger partial charge < -0.3 is 53.6 Å². The van der Waals surface area contributed by atoms with Gasteiger partial charge in [0.2, 0.25) is 5.91 Å². The molecule has 7 rings (SSSR count). The third kappa shape index (κ3) is 16.6. The molecular formula is C57H70N2O11. The fourth-order valence-electron chi connectivity index (χ4n) is 9.00. The SMILES string of the molecule is CC(=O)N[C@H]1[C@H](OCCCCCCNC(=O)OCc2ccccc2)O[C@H](COCc2ccccc2)[C@@H](O)[C@@H]1O[C@@H]1C[C@@H](C)[C@H](OCc2ccccc2)[C@@H](OCc2ccccc2)[C@@H]1OCc1ccccc1. The molecule has 0 unspecified atom stereocenters. The normalized spacial score (nSPS) is 24.4.